The third kappa shape index (κ3) is 10.2. The lowest BCUT2D eigenvalue weighted by molar-refractivity contribution is 0.371. The van der Waals surface area contributed by atoms with Gasteiger partial charge in [-0.1, -0.05) is 6.92 Å². The summed E-state index contributed by atoms with van der Waals surface area (Å²) >= 11 is 1.95. The van der Waals surface area contributed by atoms with Crippen molar-refractivity contribution in [1.82, 2.24) is 5.32 Å². The topological polar surface area (TPSA) is 12.0 Å². The maximum Gasteiger partial charge on any atom is 0.00966 e. The van der Waals surface area contributed by atoms with Gasteiger partial charge >= 0.3 is 0 Å². The van der Waals surface area contributed by atoms with E-state index in [9.17, 15) is 0 Å². The van der Waals surface area contributed by atoms with Crippen LogP contribution in [0.25, 0.3) is 0 Å². The summed E-state index contributed by atoms with van der Waals surface area (Å²) in [6.07, 6.45) is 4.89. The lowest BCUT2D eigenvalue weighted by atomic mass is 10.0. The highest BCUT2D eigenvalue weighted by molar-refractivity contribution is 7.98. The molecule has 0 aliphatic rings. The van der Waals surface area contributed by atoms with Gasteiger partial charge in [0.1, 0.15) is 0 Å². The first-order valence-electron chi connectivity index (χ1n) is 5.19. The molecule has 0 bridgehead atoms. The second-order valence-corrected chi connectivity index (χ2v) is 5.86. The Balaban J connectivity index is 3.35. The SMILES string of the molecule is CSCCCC(C)CNC(C)(C)C. The van der Waals surface area contributed by atoms with E-state index >= 15 is 0 Å². The fourth-order valence-corrected chi connectivity index (χ4v) is 1.61. The molecule has 0 saturated heterocycles. The maximum atomic E-state index is 3.54. The first kappa shape index (κ1) is 13.3. The van der Waals surface area contributed by atoms with Crippen molar-refractivity contribution in [3.8, 4) is 0 Å². The minimum absolute atomic E-state index is 0.272. The predicted molar refractivity (Wildman–Crippen MR) is 64.5 cm³/mol. The average Bonchev–Trinajstić information content (AvgIpc) is 2.00. The molecule has 0 aromatic carbocycles. The lowest BCUT2D eigenvalue weighted by Crippen LogP contribution is -2.38. The summed E-state index contributed by atoms with van der Waals surface area (Å²) in [7, 11) is 0. The van der Waals surface area contributed by atoms with Gasteiger partial charge in [-0.2, -0.15) is 11.8 Å². The quantitative estimate of drug-likeness (QED) is 0.666. The largest absolute Gasteiger partial charge is 0.312 e. The Morgan fingerprint density at radius 2 is 1.92 bits per heavy atom. The van der Waals surface area contributed by atoms with Gasteiger partial charge in [-0.3, -0.25) is 0 Å². The van der Waals surface area contributed by atoms with Crippen LogP contribution in [0.1, 0.15) is 40.5 Å². The zero-order valence-electron chi connectivity index (χ0n) is 9.81. The zero-order chi connectivity index (χ0) is 10.3. The smallest absolute Gasteiger partial charge is 0.00966 e. The molecule has 0 fully saturated rings. The highest BCUT2D eigenvalue weighted by Gasteiger charge is 2.10. The average molecular weight is 203 g/mol. The van der Waals surface area contributed by atoms with Crippen molar-refractivity contribution in [3.05, 3.63) is 0 Å². The highest BCUT2D eigenvalue weighted by atomic mass is 32.2. The van der Waals surface area contributed by atoms with E-state index < -0.39 is 0 Å². The van der Waals surface area contributed by atoms with Crippen LogP contribution in [0.15, 0.2) is 0 Å². The van der Waals surface area contributed by atoms with Gasteiger partial charge in [0.2, 0.25) is 0 Å². The summed E-state index contributed by atoms with van der Waals surface area (Å²) in [4.78, 5) is 0. The van der Waals surface area contributed by atoms with Crippen LogP contribution in [0.4, 0.5) is 0 Å². The molecular weight excluding hydrogens is 178 g/mol. The van der Waals surface area contributed by atoms with Crippen LogP contribution in [-0.4, -0.2) is 24.1 Å². The number of thioether (sulfide) groups is 1. The van der Waals surface area contributed by atoms with Gasteiger partial charge in [0, 0.05) is 5.54 Å². The lowest BCUT2D eigenvalue weighted by Gasteiger charge is -2.23. The standard InChI is InChI=1S/C11H25NS/c1-10(7-6-8-13-5)9-12-11(2,3)4/h10,12H,6-9H2,1-5H3. The summed E-state index contributed by atoms with van der Waals surface area (Å²) in [5.41, 5.74) is 0.272. The molecule has 2 heteroatoms. The molecular formula is C11H25NS. The first-order chi connectivity index (χ1) is 5.95. The van der Waals surface area contributed by atoms with Gasteiger partial charge < -0.3 is 5.32 Å². The van der Waals surface area contributed by atoms with E-state index in [1.807, 2.05) is 11.8 Å². The van der Waals surface area contributed by atoms with Crippen LogP contribution < -0.4 is 5.32 Å². The number of hydrogen-bond acceptors (Lipinski definition) is 2. The Morgan fingerprint density at radius 3 is 2.38 bits per heavy atom. The Labute approximate surface area is 88.1 Å². The van der Waals surface area contributed by atoms with Gasteiger partial charge in [0.05, 0.1) is 0 Å². The van der Waals surface area contributed by atoms with Crippen molar-refractivity contribution < 1.29 is 0 Å². The Bertz CT molecular complexity index is 118. The molecule has 0 aromatic rings. The van der Waals surface area contributed by atoms with E-state index in [-0.39, 0.29) is 5.54 Å². The van der Waals surface area contributed by atoms with E-state index in [0.29, 0.717) is 0 Å². The van der Waals surface area contributed by atoms with Gasteiger partial charge in [0.15, 0.2) is 0 Å². The minimum atomic E-state index is 0.272. The Kier molecular flexibility index (Phi) is 6.88. The van der Waals surface area contributed by atoms with Crippen LogP contribution in [0.3, 0.4) is 0 Å². The van der Waals surface area contributed by atoms with Crippen LogP contribution in [0, 0.1) is 5.92 Å². The van der Waals surface area contributed by atoms with E-state index in [2.05, 4.69) is 39.3 Å². The minimum Gasteiger partial charge on any atom is -0.312 e. The van der Waals surface area contributed by atoms with E-state index in [1.54, 1.807) is 0 Å². The number of rotatable bonds is 6. The van der Waals surface area contributed by atoms with Gasteiger partial charge in [-0.15, -0.1) is 0 Å². The molecule has 0 amide bonds. The second kappa shape index (κ2) is 6.72. The van der Waals surface area contributed by atoms with Crippen molar-refractivity contribution >= 4 is 11.8 Å². The number of nitrogens with one attached hydrogen (secondary N) is 1. The first-order valence-corrected chi connectivity index (χ1v) is 6.59. The highest BCUT2D eigenvalue weighted by Crippen LogP contribution is 2.09. The molecule has 0 rings (SSSR count). The fourth-order valence-electron chi connectivity index (χ4n) is 1.16. The zero-order valence-corrected chi connectivity index (χ0v) is 10.6. The molecule has 13 heavy (non-hydrogen) atoms. The fraction of sp³-hybridized carbons (Fsp3) is 1.00. The second-order valence-electron chi connectivity index (χ2n) is 4.87. The van der Waals surface area contributed by atoms with Crippen molar-refractivity contribution in [2.45, 2.75) is 46.1 Å². The van der Waals surface area contributed by atoms with E-state index in [1.165, 1.54) is 18.6 Å². The normalized spacial score (nSPS) is 14.5. The molecule has 1 N–H and O–H groups in total. The van der Waals surface area contributed by atoms with E-state index in [4.69, 9.17) is 0 Å². The third-order valence-corrected chi connectivity index (χ3v) is 2.72. The summed E-state index contributed by atoms with van der Waals surface area (Å²) < 4.78 is 0. The summed E-state index contributed by atoms with van der Waals surface area (Å²) in [6, 6.07) is 0. The molecule has 0 aliphatic heterocycles. The maximum absolute atomic E-state index is 3.54. The molecule has 0 saturated carbocycles. The Morgan fingerprint density at radius 1 is 1.31 bits per heavy atom. The molecule has 0 heterocycles. The summed E-state index contributed by atoms with van der Waals surface area (Å²) in [5, 5.41) is 3.54. The molecule has 0 spiro atoms. The molecule has 1 unspecified atom stereocenters. The van der Waals surface area contributed by atoms with Crippen molar-refractivity contribution in [1.29, 1.82) is 0 Å². The molecule has 80 valence electrons. The molecule has 0 aromatic heterocycles. The van der Waals surface area contributed by atoms with Crippen LogP contribution in [0.2, 0.25) is 0 Å². The Hall–Kier alpha value is 0.310. The molecule has 0 radical (unpaired) electrons. The van der Waals surface area contributed by atoms with E-state index in [0.717, 1.165) is 12.5 Å². The molecule has 0 aliphatic carbocycles. The molecule has 1 nitrogen and oxygen atoms in total. The van der Waals surface area contributed by atoms with Crippen molar-refractivity contribution in [2.24, 2.45) is 5.92 Å². The molecule has 1 atom stereocenters. The summed E-state index contributed by atoms with van der Waals surface area (Å²) in [5.74, 6) is 2.12. The summed E-state index contributed by atoms with van der Waals surface area (Å²) in [6.45, 7) is 10.2. The third-order valence-electron chi connectivity index (χ3n) is 2.03. The van der Waals surface area contributed by atoms with Crippen LogP contribution in [-0.2, 0) is 0 Å². The number of hydrogen-bond donors (Lipinski definition) is 1. The van der Waals surface area contributed by atoms with Gasteiger partial charge in [0.25, 0.3) is 0 Å². The van der Waals surface area contributed by atoms with Gasteiger partial charge in [-0.05, 0) is 58.1 Å². The monoisotopic (exact) mass is 203 g/mol. The predicted octanol–water partition coefficient (Wildman–Crippen LogP) is 3.15. The van der Waals surface area contributed by atoms with Crippen LogP contribution >= 0.6 is 11.8 Å². The van der Waals surface area contributed by atoms with Crippen molar-refractivity contribution in [2.75, 3.05) is 18.6 Å². The van der Waals surface area contributed by atoms with Crippen LogP contribution in [0.5, 0.6) is 0 Å². The van der Waals surface area contributed by atoms with Crippen molar-refractivity contribution in [3.63, 3.8) is 0 Å². The van der Waals surface area contributed by atoms with Gasteiger partial charge in [-0.25, -0.2) is 0 Å².